The van der Waals surface area contributed by atoms with E-state index in [9.17, 15) is 27.6 Å². The van der Waals surface area contributed by atoms with Crippen LogP contribution in [0.15, 0.2) is 48.5 Å². The Bertz CT molecular complexity index is 924. The molecule has 1 atom stereocenters. The van der Waals surface area contributed by atoms with Gasteiger partial charge in [-0.1, -0.05) is 18.2 Å². The van der Waals surface area contributed by atoms with Crippen LogP contribution in [0.4, 0.5) is 24.5 Å². The normalized spacial score (nSPS) is 17.3. The highest BCUT2D eigenvalue weighted by atomic mass is 19.4. The van der Waals surface area contributed by atoms with Crippen molar-refractivity contribution in [2.24, 2.45) is 0 Å². The number of carbonyl (C=O) groups is 3. The maximum absolute atomic E-state index is 12.8. The van der Waals surface area contributed by atoms with Crippen molar-refractivity contribution in [2.75, 3.05) is 10.2 Å². The molecule has 0 bridgehead atoms. The molecule has 1 saturated heterocycles. The number of ketones is 1. The number of rotatable bonds is 4. The Morgan fingerprint density at radius 2 is 1.81 bits per heavy atom. The molecular formula is C19H15F3N2O3. The third-order valence-electron chi connectivity index (χ3n) is 4.19. The van der Waals surface area contributed by atoms with Crippen LogP contribution in [0.1, 0.15) is 29.3 Å². The molecule has 8 heteroatoms. The molecule has 0 aromatic heterocycles. The van der Waals surface area contributed by atoms with Gasteiger partial charge in [-0.2, -0.15) is 13.2 Å². The highest BCUT2D eigenvalue weighted by molar-refractivity contribution is 6.23. The standard InChI is InChI=1S/C19H15F3N2O3/c1-11(25)12-4-2-7-15(8-12)24-17(26)10-16(18(24)27)23-14-6-3-5-13(9-14)19(20,21)22/h2-9,16,23H,10H2,1H3/t16-/m0/s1. The largest absolute Gasteiger partial charge is 0.416 e. The Morgan fingerprint density at radius 3 is 2.48 bits per heavy atom. The SMILES string of the molecule is CC(=O)c1cccc(N2C(=O)C[C@H](Nc3cccc(C(F)(F)F)c3)C2=O)c1. The monoisotopic (exact) mass is 376 g/mol. The van der Waals surface area contributed by atoms with E-state index < -0.39 is 29.6 Å². The van der Waals surface area contributed by atoms with Gasteiger partial charge in [-0.15, -0.1) is 0 Å². The van der Waals surface area contributed by atoms with E-state index in [4.69, 9.17) is 0 Å². The lowest BCUT2D eigenvalue weighted by Gasteiger charge is -2.17. The summed E-state index contributed by atoms with van der Waals surface area (Å²) in [6.07, 6.45) is -4.70. The Hall–Kier alpha value is -3.16. The van der Waals surface area contributed by atoms with Gasteiger partial charge in [-0.3, -0.25) is 14.4 Å². The molecule has 1 aliphatic rings. The van der Waals surface area contributed by atoms with Gasteiger partial charge in [0.25, 0.3) is 5.91 Å². The van der Waals surface area contributed by atoms with Crippen LogP contribution in [0.3, 0.4) is 0 Å². The highest BCUT2D eigenvalue weighted by Gasteiger charge is 2.40. The molecule has 0 spiro atoms. The van der Waals surface area contributed by atoms with E-state index in [1.165, 1.54) is 31.2 Å². The molecule has 5 nitrogen and oxygen atoms in total. The molecule has 2 amide bonds. The molecule has 1 N–H and O–H groups in total. The van der Waals surface area contributed by atoms with Crippen molar-refractivity contribution in [3.63, 3.8) is 0 Å². The summed E-state index contributed by atoms with van der Waals surface area (Å²) in [5, 5.41) is 2.69. The van der Waals surface area contributed by atoms with Gasteiger partial charge in [0.15, 0.2) is 5.78 Å². The van der Waals surface area contributed by atoms with Crippen LogP contribution in [-0.4, -0.2) is 23.6 Å². The topological polar surface area (TPSA) is 66.5 Å². The summed E-state index contributed by atoms with van der Waals surface area (Å²) in [6, 6.07) is 9.52. The molecular weight excluding hydrogens is 361 g/mol. The summed E-state index contributed by atoms with van der Waals surface area (Å²) in [7, 11) is 0. The summed E-state index contributed by atoms with van der Waals surface area (Å²) in [5.74, 6) is -1.29. The molecule has 0 radical (unpaired) electrons. The molecule has 3 rings (SSSR count). The van der Waals surface area contributed by atoms with Gasteiger partial charge in [0.05, 0.1) is 17.7 Å². The second-order valence-electron chi connectivity index (χ2n) is 6.15. The van der Waals surface area contributed by atoms with E-state index in [-0.39, 0.29) is 23.6 Å². The van der Waals surface area contributed by atoms with E-state index in [1.807, 2.05) is 0 Å². The summed E-state index contributed by atoms with van der Waals surface area (Å²) in [5.41, 5.74) is -0.154. The van der Waals surface area contributed by atoms with E-state index >= 15 is 0 Å². The number of hydrogen-bond acceptors (Lipinski definition) is 4. The second-order valence-corrected chi connectivity index (χ2v) is 6.15. The minimum Gasteiger partial charge on any atom is -0.373 e. The average molecular weight is 376 g/mol. The highest BCUT2D eigenvalue weighted by Crippen LogP contribution is 2.32. The summed E-state index contributed by atoms with van der Waals surface area (Å²) in [4.78, 5) is 37.4. The number of benzene rings is 2. The van der Waals surface area contributed by atoms with Gasteiger partial charge in [-0.25, -0.2) is 4.90 Å². The number of hydrogen-bond donors (Lipinski definition) is 1. The lowest BCUT2D eigenvalue weighted by molar-refractivity contribution is -0.137. The van der Waals surface area contributed by atoms with Crippen molar-refractivity contribution in [1.82, 2.24) is 0 Å². The Kier molecular flexibility index (Phi) is 4.73. The van der Waals surface area contributed by atoms with Crippen molar-refractivity contribution < 1.29 is 27.6 Å². The molecule has 0 aliphatic carbocycles. The Balaban J connectivity index is 1.83. The van der Waals surface area contributed by atoms with Crippen molar-refractivity contribution in [1.29, 1.82) is 0 Å². The van der Waals surface area contributed by atoms with E-state index in [0.717, 1.165) is 17.0 Å². The predicted octanol–water partition coefficient (Wildman–Crippen LogP) is 3.65. The number of imide groups is 1. The summed E-state index contributed by atoms with van der Waals surface area (Å²) in [6.45, 7) is 1.37. The van der Waals surface area contributed by atoms with Gasteiger partial charge >= 0.3 is 6.18 Å². The maximum atomic E-state index is 12.8. The zero-order valence-electron chi connectivity index (χ0n) is 14.2. The number of nitrogens with zero attached hydrogens (tertiary/aromatic N) is 1. The summed E-state index contributed by atoms with van der Waals surface area (Å²) >= 11 is 0. The van der Waals surface area contributed by atoms with Crippen LogP contribution >= 0.6 is 0 Å². The van der Waals surface area contributed by atoms with Crippen molar-refractivity contribution in [2.45, 2.75) is 25.6 Å². The van der Waals surface area contributed by atoms with Crippen LogP contribution in [0, 0.1) is 0 Å². The lowest BCUT2D eigenvalue weighted by Crippen LogP contribution is -2.34. The fourth-order valence-corrected chi connectivity index (χ4v) is 2.87. The molecule has 140 valence electrons. The quantitative estimate of drug-likeness (QED) is 0.653. The first-order valence-corrected chi connectivity index (χ1v) is 8.08. The molecule has 2 aromatic carbocycles. The van der Waals surface area contributed by atoms with E-state index in [1.54, 1.807) is 12.1 Å². The van der Waals surface area contributed by atoms with E-state index in [0.29, 0.717) is 5.56 Å². The first kappa shape index (κ1) is 18.6. The first-order valence-electron chi connectivity index (χ1n) is 8.08. The van der Waals surface area contributed by atoms with Gasteiger partial charge in [0.1, 0.15) is 6.04 Å². The minimum atomic E-state index is -4.51. The maximum Gasteiger partial charge on any atom is 0.416 e. The number of halogens is 3. The molecule has 1 aliphatic heterocycles. The van der Waals surface area contributed by atoms with Gasteiger partial charge in [0.2, 0.25) is 5.91 Å². The predicted molar refractivity (Wildman–Crippen MR) is 92.4 cm³/mol. The van der Waals surface area contributed by atoms with Crippen LogP contribution in [0.5, 0.6) is 0 Å². The number of carbonyl (C=O) groups excluding carboxylic acids is 3. The Morgan fingerprint density at radius 1 is 1.11 bits per heavy atom. The molecule has 1 heterocycles. The van der Waals surface area contributed by atoms with Crippen LogP contribution in [0.25, 0.3) is 0 Å². The third kappa shape index (κ3) is 3.84. The smallest absolute Gasteiger partial charge is 0.373 e. The molecule has 1 fully saturated rings. The zero-order chi connectivity index (χ0) is 19.8. The van der Waals surface area contributed by atoms with Crippen LogP contribution < -0.4 is 10.2 Å². The molecule has 0 saturated carbocycles. The van der Waals surface area contributed by atoms with Crippen molar-refractivity contribution in [3.05, 3.63) is 59.7 Å². The second kappa shape index (κ2) is 6.86. The molecule has 27 heavy (non-hydrogen) atoms. The number of alkyl halides is 3. The number of Topliss-reactive ketones (excluding diaryl/α,β-unsaturated/α-hetero) is 1. The van der Waals surface area contributed by atoms with Gasteiger partial charge < -0.3 is 5.32 Å². The van der Waals surface area contributed by atoms with Crippen molar-refractivity contribution >= 4 is 29.0 Å². The van der Waals surface area contributed by atoms with Crippen molar-refractivity contribution in [3.8, 4) is 0 Å². The van der Waals surface area contributed by atoms with Gasteiger partial charge in [-0.05, 0) is 37.3 Å². The Labute approximate surface area is 152 Å². The van der Waals surface area contributed by atoms with Gasteiger partial charge in [0, 0.05) is 11.3 Å². The van der Waals surface area contributed by atoms with E-state index in [2.05, 4.69) is 5.32 Å². The minimum absolute atomic E-state index is 0.0929. The molecule has 0 unspecified atom stereocenters. The number of amides is 2. The first-order chi connectivity index (χ1) is 12.7. The number of anilines is 2. The zero-order valence-corrected chi connectivity index (χ0v) is 14.2. The average Bonchev–Trinajstić information content (AvgIpc) is 2.88. The fraction of sp³-hybridized carbons (Fsp3) is 0.211. The van der Waals surface area contributed by atoms with Crippen LogP contribution in [0.2, 0.25) is 0 Å². The number of nitrogens with one attached hydrogen (secondary N) is 1. The fourth-order valence-electron chi connectivity index (χ4n) is 2.87. The van der Waals surface area contributed by atoms with Crippen LogP contribution in [-0.2, 0) is 15.8 Å². The lowest BCUT2D eigenvalue weighted by atomic mass is 10.1. The third-order valence-corrected chi connectivity index (χ3v) is 4.19. The summed E-state index contributed by atoms with van der Waals surface area (Å²) < 4.78 is 38.5. The molecule has 2 aromatic rings.